The Morgan fingerprint density at radius 3 is 2.35 bits per heavy atom. The summed E-state index contributed by atoms with van der Waals surface area (Å²) in [5.41, 5.74) is 6.14. The van der Waals surface area contributed by atoms with E-state index in [1.165, 1.54) is 94.8 Å². The number of hydrogen-bond acceptors (Lipinski definition) is 5. The second-order valence-electron chi connectivity index (χ2n) is 18.5. The van der Waals surface area contributed by atoms with Crippen LogP contribution in [0.5, 0.6) is 0 Å². The van der Waals surface area contributed by atoms with E-state index in [0.29, 0.717) is 39.6 Å². The van der Waals surface area contributed by atoms with Gasteiger partial charge in [0.2, 0.25) is 0 Å². The summed E-state index contributed by atoms with van der Waals surface area (Å²) in [4.78, 5) is 14.8. The number of nitrogens with one attached hydrogen (secondary N) is 2. The number of fused-ring (bicyclic) bond motifs is 7. The smallest absolute Gasteiger partial charge is 0.337 e. The molecule has 5 aliphatic carbocycles. The number of ether oxygens (including phenoxy) is 1. The fourth-order valence-electron chi connectivity index (χ4n) is 13.9. The van der Waals surface area contributed by atoms with Crippen LogP contribution < -0.4 is 10.6 Å². The topological polar surface area (TPSA) is 53.6 Å². The van der Waals surface area contributed by atoms with Crippen LogP contribution in [0.1, 0.15) is 115 Å². The van der Waals surface area contributed by atoms with E-state index in [4.69, 9.17) is 4.74 Å². The lowest BCUT2D eigenvalue weighted by molar-refractivity contribution is -0.219. The Labute approximate surface area is 292 Å². The van der Waals surface area contributed by atoms with E-state index in [-0.39, 0.29) is 16.9 Å². The molecule has 2 N–H and O–H groups in total. The van der Waals surface area contributed by atoms with Crippen molar-refractivity contribution in [3.63, 3.8) is 0 Å². The highest BCUT2D eigenvalue weighted by atomic mass is 16.5. The zero-order valence-corrected chi connectivity index (χ0v) is 31.4. The molecule has 5 fully saturated rings. The third-order valence-electron chi connectivity index (χ3n) is 16.4. The molecule has 4 saturated carbocycles. The second kappa shape index (κ2) is 12.4. The van der Waals surface area contributed by atoms with Crippen molar-refractivity contribution in [3.05, 3.63) is 53.6 Å². The number of rotatable bonds is 7. The van der Waals surface area contributed by atoms with Crippen molar-refractivity contribution in [1.29, 1.82) is 0 Å². The summed E-state index contributed by atoms with van der Waals surface area (Å²) in [5.74, 6) is 3.24. The molecule has 0 radical (unpaired) electrons. The maximum atomic E-state index is 12.1. The summed E-state index contributed by atoms with van der Waals surface area (Å²) in [7, 11) is 1.46. The van der Waals surface area contributed by atoms with Crippen molar-refractivity contribution < 1.29 is 9.53 Å². The summed E-state index contributed by atoms with van der Waals surface area (Å²) in [6.45, 7) is 27.1. The van der Waals surface area contributed by atoms with Gasteiger partial charge in [-0.1, -0.05) is 65.0 Å². The van der Waals surface area contributed by atoms with Gasteiger partial charge >= 0.3 is 5.97 Å². The second-order valence-corrected chi connectivity index (χ2v) is 18.5. The van der Waals surface area contributed by atoms with Gasteiger partial charge < -0.3 is 15.4 Å². The van der Waals surface area contributed by atoms with Crippen LogP contribution in [0.25, 0.3) is 5.57 Å². The van der Waals surface area contributed by atoms with Crippen LogP contribution >= 0.6 is 0 Å². The number of carbonyl (C=O) groups is 1. The fourth-order valence-corrected chi connectivity index (χ4v) is 13.9. The van der Waals surface area contributed by atoms with Crippen LogP contribution in [0, 0.1) is 51.2 Å². The van der Waals surface area contributed by atoms with Gasteiger partial charge in [0, 0.05) is 44.8 Å². The summed E-state index contributed by atoms with van der Waals surface area (Å²) < 4.78 is 4.97. The molecule has 1 saturated heterocycles. The highest BCUT2D eigenvalue weighted by molar-refractivity contribution is 5.89. The van der Waals surface area contributed by atoms with E-state index in [0.717, 1.165) is 37.9 Å². The van der Waals surface area contributed by atoms with Gasteiger partial charge in [0.1, 0.15) is 0 Å². The van der Waals surface area contributed by atoms with E-state index < -0.39 is 0 Å². The molecular weight excluding hydrogens is 590 g/mol. The van der Waals surface area contributed by atoms with Gasteiger partial charge in [-0.15, -0.1) is 0 Å². The summed E-state index contributed by atoms with van der Waals surface area (Å²) in [5, 5.41) is 7.85. The fraction of sp³-hybridized carbons (Fsp3) is 0.744. The largest absolute Gasteiger partial charge is 0.465 e. The van der Waals surface area contributed by atoms with E-state index in [1.807, 2.05) is 12.1 Å². The molecule has 9 atom stereocenters. The molecule has 5 nitrogen and oxygen atoms in total. The normalized spacial score (nSPS) is 42.1. The predicted molar refractivity (Wildman–Crippen MR) is 198 cm³/mol. The van der Waals surface area contributed by atoms with Crippen molar-refractivity contribution >= 4 is 11.5 Å². The van der Waals surface area contributed by atoms with Crippen molar-refractivity contribution in [3.8, 4) is 0 Å². The molecule has 0 amide bonds. The van der Waals surface area contributed by atoms with Crippen LogP contribution in [-0.4, -0.2) is 62.8 Å². The minimum atomic E-state index is -0.264. The van der Waals surface area contributed by atoms with Crippen LogP contribution in [0.4, 0.5) is 0 Å². The number of methoxy groups -OCH3 is 1. The molecule has 5 heteroatoms. The Bertz CT molecular complexity index is 1430. The Balaban J connectivity index is 1.16. The standard InChI is InChI=1S/C43H65N3O2/c1-29(2)32-15-20-43(45-25-28-46-26-23-44-24-27-46)22-21-41(6)34(37(32)43)13-14-36-40(5)18-16-33(30-9-11-31(12-10-30)38(47)48-8)39(3,4)35(40)17-19-42(36,41)7/h9-12,16,32,34-37,44-45H,1,13-15,17-28H2,2-8H3/t32-,34+,35-,36+,37+,40-,41+,42+,43-/m0/s1. The third-order valence-corrected chi connectivity index (χ3v) is 16.4. The summed E-state index contributed by atoms with van der Waals surface area (Å²) in [6, 6.07) is 8.17. The third kappa shape index (κ3) is 5.14. The SMILES string of the molecule is C=C(C)[C@@H]1CC[C@]2(NCCN3CCNCC3)CC[C@]3(C)[C@H](CC[C@@H]4[C@@]5(C)CC=C(c6ccc(C(=O)OC)cc6)C(C)(C)[C@@H]5CC[C@]43C)[C@@H]12. The molecule has 1 aliphatic heterocycles. The van der Waals surface area contributed by atoms with Gasteiger partial charge in [-0.3, -0.25) is 4.90 Å². The molecule has 48 heavy (non-hydrogen) atoms. The summed E-state index contributed by atoms with van der Waals surface area (Å²) in [6.07, 6.45) is 14.5. The van der Waals surface area contributed by atoms with E-state index in [9.17, 15) is 4.79 Å². The minimum Gasteiger partial charge on any atom is -0.465 e. The van der Waals surface area contributed by atoms with Gasteiger partial charge in [0.15, 0.2) is 0 Å². The maximum absolute atomic E-state index is 12.1. The van der Waals surface area contributed by atoms with Gasteiger partial charge in [-0.05, 0) is 139 Å². The first-order valence-electron chi connectivity index (χ1n) is 19.5. The molecule has 7 rings (SSSR count). The molecular formula is C43H65N3O2. The first-order chi connectivity index (χ1) is 22.8. The van der Waals surface area contributed by atoms with E-state index >= 15 is 0 Å². The molecule has 0 bridgehead atoms. The van der Waals surface area contributed by atoms with Gasteiger partial charge in [0.25, 0.3) is 0 Å². The lowest BCUT2D eigenvalue weighted by Crippen LogP contribution is -2.68. The zero-order valence-electron chi connectivity index (χ0n) is 31.4. The average Bonchev–Trinajstić information content (AvgIpc) is 3.45. The van der Waals surface area contributed by atoms with Crippen LogP contribution in [0.3, 0.4) is 0 Å². The molecule has 1 aromatic carbocycles. The molecule has 0 spiro atoms. The molecule has 0 unspecified atom stereocenters. The average molecular weight is 656 g/mol. The number of carbonyl (C=O) groups excluding carboxylic acids is 1. The molecule has 0 aromatic heterocycles. The number of benzene rings is 1. The molecule has 1 aromatic rings. The minimum absolute atomic E-state index is 0.0748. The van der Waals surface area contributed by atoms with Crippen molar-refractivity contribution in [1.82, 2.24) is 15.5 Å². The Morgan fingerprint density at radius 1 is 0.938 bits per heavy atom. The van der Waals surface area contributed by atoms with Crippen LogP contribution in [0.2, 0.25) is 0 Å². The maximum Gasteiger partial charge on any atom is 0.337 e. The zero-order chi connectivity index (χ0) is 34.1. The van der Waals surface area contributed by atoms with Crippen LogP contribution in [0.15, 0.2) is 42.5 Å². The Hall–Kier alpha value is -1.95. The van der Waals surface area contributed by atoms with Crippen molar-refractivity contribution in [2.24, 2.45) is 51.2 Å². The first kappa shape index (κ1) is 34.5. The van der Waals surface area contributed by atoms with E-state index in [1.54, 1.807) is 0 Å². The number of esters is 1. The van der Waals surface area contributed by atoms with Gasteiger partial charge in [-0.2, -0.15) is 0 Å². The molecule has 1 heterocycles. The van der Waals surface area contributed by atoms with Crippen molar-refractivity contribution in [2.45, 2.75) is 105 Å². The lowest BCUT2D eigenvalue weighted by Gasteiger charge is -2.72. The van der Waals surface area contributed by atoms with Gasteiger partial charge in [0.05, 0.1) is 12.7 Å². The monoisotopic (exact) mass is 656 g/mol. The first-order valence-corrected chi connectivity index (χ1v) is 19.5. The number of nitrogens with zero attached hydrogens (tertiary/aromatic N) is 1. The highest BCUT2D eigenvalue weighted by Gasteiger charge is 2.70. The Kier molecular flexibility index (Phi) is 8.89. The van der Waals surface area contributed by atoms with Gasteiger partial charge in [-0.25, -0.2) is 4.79 Å². The quantitative estimate of drug-likeness (QED) is 0.228. The lowest BCUT2D eigenvalue weighted by atomic mass is 9.33. The number of hydrogen-bond donors (Lipinski definition) is 2. The summed E-state index contributed by atoms with van der Waals surface area (Å²) >= 11 is 0. The highest BCUT2D eigenvalue weighted by Crippen LogP contribution is 2.76. The number of piperazine rings is 1. The molecule has 6 aliphatic rings. The van der Waals surface area contributed by atoms with Crippen molar-refractivity contribution in [2.75, 3.05) is 46.4 Å². The predicted octanol–water partition coefficient (Wildman–Crippen LogP) is 8.37. The van der Waals surface area contributed by atoms with Crippen LogP contribution in [-0.2, 0) is 4.74 Å². The van der Waals surface area contributed by atoms with E-state index in [2.05, 4.69) is 81.9 Å². The number of allylic oxidation sites excluding steroid dienone is 3. The molecule has 264 valence electrons. The Morgan fingerprint density at radius 2 is 1.67 bits per heavy atom.